The summed E-state index contributed by atoms with van der Waals surface area (Å²) in [6.07, 6.45) is -4.00. The van der Waals surface area contributed by atoms with Gasteiger partial charge in [0.15, 0.2) is 17.3 Å². The number of ketones is 1. The number of alkyl halides is 3. The van der Waals surface area contributed by atoms with Crippen LogP contribution in [0.15, 0.2) is 48.5 Å². The predicted molar refractivity (Wildman–Crippen MR) is 120 cm³/mol. The SMILES string of the molecule is COc1cc(C(C)=O)ccc1OCCCC(=O)Nc1cc(C)nn1-c1cccc(C(F)(F)F)c1. The Balaban J connectivity index is 1.60. The molecule has 0 atom stereocenters. The molecule has 1 amide bonds. The Kier molecular flexibility index (Phi) is 7.60. The fourth-order valence-corrected chi connectivity index (χ4v) is 3.23. The molecular weight excluding hydrogens is 451 g/mol. The molecule has 2 aromatic carbocycles. The molecule has 0 aliphatic rings. The van der Waals surface area contributed by atoms with Gasteiger partial charge < -0.3 is 14.8 Å². The molecule has 0 bridgehead atoms. The number of carbonyl (C=O) groups is 2. The van der Waals surface area contributed by atoms with Gasteiger partial charge in [-0.2, -0.15) is 18.3 Å². The third-order valence-electron chi connectivity index (χ3n) is 4.89. The number of methoxy groups -OCH3 is 1. The number of amides is 1. The van der Waals surface area contributed by atoms with Gasteiger partial charge in [-0.15, -0.1) is 0 Å². The maximum absolute atomic E-state index is 13.1. The van der Waals surface area contributed by atoms with Crippen LogP contribution >= 0.6 is 0 Å². The van der Waals surface area contributed by atoms with Gasteiger partial charge in [0.25, 0.3) is 0 Å². The van der Waals surface area contributed by atoms with Crippen LogP contribution in [0.4, 0.5) is 19.0 Å². The van der Waals surface area contributed by atoms with E-state index in [2.05, 4.69) is 10.4 Å². The molecule has 1 aromatic heterocycles. The van der Waals surface area contributed by atoms with E-state index < -0.39 is 11.7 Å². The van der Waals surface area contributed by atoms with Gasteiger partial charge in [-0.3, -0.25) is 9.59 Å². The molecule has 0 aliphatic heterocycles. The lowest BCUT2D eigenvalue weighted by atomic mass is 10.1. The standard InChI is InChI=1S/C24H24F3N3O4/c1-15-12-22(30(29-15)19-7-4-6-18(14-19)24(25,26)27)28-23(32)8-5-11-34-20-10-9-17(16(2)31)13-21(20)33-3/h4,6-7,9-10,12-14H,5,8,11H2,1-3H3,(H,28,32). The molecule has 34 heavy (non-hydrogen) atoms. The van der Waals surface area contributed by atoms with Crippen LogP contribution in [-0.2, 0) is 11.0 Å². The zero-order valence-electron chi connectivity index (χ0n) is 18.9. The summed E-state index contributed by atoms with van der Waals surface area (Å²) in [6.45, 7) is 3.35. The van der Waals surface area contributed by atoms with Crippen LogP contribution in [0.1, 0.15) is 41.4 Å². The molecule has 0 saturated carbocycles. The van der Waals surface area contributed by atoms with E-state index in [1.54, 1.807) is 31.2 Å². The van der Waals surface area contributed by atoms with Crippen molar-refractivity contribution in [3.63, 3.8) is 0 Å². The number of halogens is 3. The molecule has 0 fully saturated rings. The highest BCUT2D eigenvalue weighted by Crippen LogP contribution is 2.31. The molecule has 1 N–H and O–H groups in total. The summed E-state index contributed by atoms with van der Waals surface area (Å²) < 4.78 is 51.4. The molecule has 0 radical (unpaired) electrons. The van der Waals surface area contributed by atoms with Crippen LogP contribution in [0, 0.1) is 6.92 Å². The number of benzene rings is 2. The number of hydrogen-bond donors (Lipinski definition) is 1. The lowest BCUT2D eigenvalue weighted by Crippen LogP contribution is -2.16. The van der Waals surface area contributed by atoms with Gasteiger partial charge in [-0.1, -0.05) is 6.07 Å². The fraction of sp³-hybridized carbons (Fsp3) is 0.292. The normalized spacial score (nSPS) is 11.2. The highest BCUT2D eigenvalue weighted by molar-refractivity contribution is 5.94. The number of nitrogens with one attached hydrogen (secondary N) is 1. The summed E-state index contributed by atoms with van der Waals surface area (Å²) in [5.74, 6) is 0.699. The van der Waals surface area contributed by atoms with E-state index in [9.17, 15) is 22.8 Å². The number of aromatic nitrogens is 2. The van der Waals surface area contributed by atoms with Gasteiger partial charge in [0.1, 0.15) is 5.82 Å². The van der Waals surface area contributed by atoms with Crippen LogP contribution in [-0.4, -0.2) is 35.2 Å². The first-order valence-corrected chi connectivity index (χ1v) is 10.4. The molecule has 7 nitrogen and oxygen atoms in total. The Bertz CT molecular complexity index is 1190. The summed E-state index contributed by atoms with van der Waals surface area (Å²) in [4.78, 5) is 23.9. The fourth-order valence-electron chi connectivity index (χ4n) is 3.23. The van der Waals surface area contributed by atoms with Crippen molar-refractivity contribution in [2.45, 2.75) is 32.9 Å². The monoisotopic (exact) mass is 475 g/mol. The van der Waals surface area contributed by atoms with Crippen molar-refractivity contribution in [2.75, 3.05) is 19.0 Å². The van der Waals surface area contributed by atoms with E-state index in [0.717, 1.165) is 12.1 Å². The number of hydrogen-bond acceptors (Lipinski definition) is 5. The minimum Gasteiger partial charge on any atom is -0.493 e. The number of ether oxygens (including phenoxy) is 2. The summed E-state index contributed by atoms with van der Waals surface area (Å²) in [6, 6.07) is 11.1. The molecule has 1 heterocycles. The topological polar surface area (TPSA) is 82.4 Å². The van der Waals surface area contributed by atoms with Crippen LogP contribution in [0.3, 0.4) is 0 Å². The molecule has 3 rings (SSSR count). The molecule has 0 spiro atoms. The predicted octanol–water partition coefficient (Wildman–Crippen LogP) is 5.21. The minimum atomic E-state index is -4.49. The molecule has 0 unspecified atom stereocenters. The van der Waals surface area contributed by atoms with Crippen molar-refractivity contribution in [3.8, 4) is 17.2 Å². The third-order valence-corrected chi connectivity index (χ3v) is 4.89. The smallest absolute Gasteiger partial charge is 0.416 e. The van der Waals surface area contributed by atoms with E-state index in [4.69, 9.17) is 9.47 Å². The summed E-state index contributed by atoms with van der Waals surface area (Å²) >= 11 is 0. The number of aryl methyl sites for hydroxylation is 1. The molecule has 0 aliphatic carbocycles. The van der Waals surface area contributed by atoms with Crippen LogP contribution in [0.25, 0.3) is 5.69 Å². The Hall–Kier alpha value is -3.82. The molecule has 10 heteroatoms. The van der Waals surface area contributed by atoms with Gasteiger partial charge in [0, 0.05) is 18.1 Å². The Morgan fingerprint density at radius 1 is 1.09 bits per heavy atom. The second kappa shape index (κ2) is 10.4. The first kappa shape index (κ1) is 24.8. The average molecular weight is 475 g/mol. The maximum atomic E-state index is 13.1. The number of rotatable bonds is 9. The zero-order valence-corrected chi connectivity index (χ0v) is 18.9. The quantitative estimate of drug-likeness (QED) is 0.339. The van der Waals surface area contributed by atoms with E-state index in [1.165, 1.54) is 30.8 Å². The molecular formula is C24H24F3N3O4. The van der Waals surface area contributed by atoms with Crippen LogP contribution < -0.4 is 14.8 Å². The Labute approximate surface area is 194 Å². The largest absolute Gasteiger partial charge is 0.493 e. The van der Waals surface area contributed by atoms with Gasteiger partial charge >= 0.3 is 6.18 Å². The van der Waals surface area contributed by atoms with Crippen molar-refractivity contribution < 1.29 is 32.2 Å². The van der Waals surface area contributed by atoms with E-state index in [1.807, 2.05) is 0 Å². The van der Waals surface area contributed by atoms with Gasteiger partial charge in [-0.25, -0.2) is 4.68 Å². The van der Waals surface area contributed by atoms with Gasteiger partial charge in [0.05, 0.1) is 30.7 Å². The number of anilines is 1. The lowest BCUT2D eigenvalue weighted by Gasteiger charge is -2.13. The molecule has 3 aromatic rings. The first-order chi connectivity index (χ1) is 16.1. The summed E-state index contributed by atoms with van der Waals surface area (Å²) in [5, 5.41) is 6.90. The van der Waals surface area contributed by atoms with Crippen molar-refractivity contribution in [3.05, 3.63) is 65.4 Å². The third kappa shape index (κ3) is 6.15. The maximum Gasteiger partial charge on any atom is 0.416 e. The first-order valence-electron chi connectivity index (χ1n) is 10.4. The van der Waals surface area contributed by atoms with Gasteiger partial charge in [0.2, 0.25) is 5.91 Å². The second-order valence-corrected chi connectivity index (χ2v) is 7.55. The Morgan fingerprint density at radius 3 is 2.53 bits per heavy atom. The lowest BCUT2D eigenvalue weighted by molar-refractivity contribution is -0.137. The van der Waals surface area contributed by atoms with Crippen molar-refractivity contribution in [1.29, 1.82) is 0 Å². The van der Waals surface area contributed by atoms with E-state index >= 15 is 0 Å². The van der Waals surface area contributed by atoms with Crippen LogP contribution in [0.2, 0.25) is 0 Å². The number of nitrogens with zero attached hydrogens (tertiary/aromatic N) is 2. The highest BCUT2D eigenvalue weighted by Gasteiger charge is 2.30. The minimum absolute atomic E-state index is 0.0962. The van der Waals surface area contributed by atoms with Crippen molar-refractivity contribution >= 4 is 17.5 Å². The molecule has 0 saturated heterocycles. The average Bonchev–Trinajstić information content (AvgIpc) is 3.15. The van der Waals surface area contributed by atoms with E-state index in [0.29, 0.717) is 29.2 Å². The highest BCUT2D eigenvalue weighted by atomic mass is 19.4. The summed E-state index contributed by atoms with van der Waals surface area (Å²) in [5.41, 5.74) is 0.412. The number of carbonyl (C=O) groups excluding carboxylic acids is 2. The van der Waals surface area contributed by atoms with Crippen molar-refractivity contribution in [2.24, 2.45) is 0 Å². The molecule has 180 valence electrons. The van der Waals surface area contributed by atoms with Crippen molar-refractivity contribution in [1.82, 2.24) is 9.78 Å². The zero-order chi connectivity index (χ0) is 24.9. The number of Topliss-reactive ketones (excluding diaryl/α,β-unsaturated/α-hetero) is 1. The van der Waals surface area contributed by atoms with Crippen LogP contribution in [0.5, 0.6) is 11.5 Å². The van der Waals surface area contributed by atoms with Gasteiger partial charge in [-0.05, 0) is 56.7 Å². The summed E-state index contributed by atoms with van der Waals surface area (Å²) in [7, 11) is 1.47. The van der Waals surface area contributed by atoms with E-state index in [-0.39, 0.29) is 36.2 Å². The second-order valence-electron chi connectivity index (χ2n) is 7.55. The Morgan fingerprint density at radius 2 is 1.85 bits per heavy atom.